The summed E-state index contributed by atoms with van der Waals surface area (Å²) in [6.07, 6.45) is 49.2. The SMILES string of the molecule is CCCCCCCCCC/C=C/C/C=C/CCCCCCCCCC(=O)OCC(COCCC(C(=O)[O-])[N+](C)(C)C)OC(=O)CCCCCCCCCCCCCCCC. The van der Waals surface area contributed by atoms with E-state index in [-0.39, 0.29) is 42.7 Å². The molecule has 0 aromatic carbocycles. The molecule has 0 aromatic rings. The molecule has 352 valence electrons. The number of hydrogen-bond acceptors (Lipinski definition) is 7. The van der Waals surface area contributed by atoms with Crippen LogP contribution in [0, 0.1) is 0 Å². The molecule has 0 spiro atoms. The molecule has 0 aliphatic rings. The highest BCUT2D eigenvalue weighted by Crippen LogP contribution is 2.16. The normalized spacial score (nSPS) is 13.0. The largest absolute Gasteiger partial charge is 0.544 e. The van der Waals surface area contributed by atoms with Gasteiger partial charge in [0.2, 0.25) is 0 Å². The minimum Gasteiger partial charge on any atom is -0.544 e. The zero-order valence-electron chi connectivity index (χ0n) is 40.1. The molecule has 0 saturated carbocycles. The Kier molecular flexibility index (Phi) is 41.9. The van der Waals surface area contributed by atoms with E-state index in [0.717, 1.165) is 51.4 Å². The fraction of sp³-hybridized carbons (Fsp3) is 0.865. The first-order valence-corrected chi connectivity index (χ1v) is 25.4. The fourth-order valence-electron chi connectivity index (χ4n) is 7.63. The lowest BCUT2D eigenvalue weighted by molar-refractivity contribution is -0.889. The highest BCUT2D eigenvalue weighted by atomic mass is 16.6. The van der Waals surface area contributed by atoms with Gasteiger partial charge >= 0.3 is 11.9 Å². The molecular formula is C52H97NO7. The summed E-state index contributed by atoms with van der Waals surface area (Å²) in [6, 6.07) is -0.724. The predicted molar refractivity (Wildman–Crippen MR) is 250 cm³/mol. The van der Waals surface area contributed by atoms with Gasteiger partial charge < -0.3 is 28.6 Å². The van der Waals surface area contributed by atoms with E-state index in [1.165, 1.54) is 154 Å². The molecule has 0 rings (SSSR count). The van der Waals surface area contributed by atoms with E-state index in [4.69, 9.17) is 14.2 Å². The average molecular weight is 848 g/mol. The lowest BCUT2D eigenvalue weighted by atomic mass is 10.0. The first-order valence-electron chi connectivity index (χ1n) is 25.4. The molecule has 0 fully saturated rings. The predicted octanol–water partition coefficient (Wildman–Crippen LogP) is 13.1. The summed E-state index contributed by atoms with van der Waals surface area (Å²) in [7, 11) is 5.42. The van der Waals surface area contributed by atoms with Crippen molar-refractivity contribution in [3.63, 3.8) is 0 Å². The van der Waals surface area contributed by atoms with Crippen molar-refractivity contribution in [2.45, 2.75) is 251 Å². The molecule has 2 atom stereocenters. The van der Waals surface area contributed by atoms with Gasteiger partial charge in [0.25, 0.3) is 0 Å². The Morgan fingerprint density at radius 1 is 0.500 bits per heavy atom. The highest BCUT2D eigenvalue weighted by Gasteiger charge is 2.25. The number of rotatable bonds is 46. The first kappa shape index (κ1) is 57.8. The Bertz CT molecular complexity index is 1040. The van der Waals surface area contributed by atoms with Crippen LogP contribution in [0.3, 0.4) is 0 Å². The zero-order valence-corrected chi connectivity index (χ0v) is 40.1. The molecule has 8 nitrogen and oxygen atoms in total. The molecule has 8 heteroatoms. The quantitative estimate of drug-likeness (QED) is 0.0260. The van der Waals surface area contributed by atoms with E-state index in [1.54, 1.807) is 21.1 Å². The van der Waals surface area contributed by atoms with E-state index < -0.39 is 18.1 Å². The molecule has 0 N–H and O–H groups in total. The van der Waals surface area contributed by atoms with Crippen molar-refractivity contribution >= 4 is 17.9 Å². The molecule has 0 aliphatic carbocycles. The summed E-state index contributed by atoms with van der Waals surface area (Å²) in [5, 5.41) is 11.6. The van der Waals surface area contributed by atoms with Gasteiger partial charge in [-0.05, 0) is 44.9 Å². The average Bonchev–Trinajstić information content (AvgIpc) is 3.21. The van der Waals surface area contributed by atoms with Crippen LogP contribution in [0.2, 0.25) is 0 Å². The molecule has 0 amide bonds. The maximum absolute atomic E-state index is 12.7. The number of allylic oxidation sites excluding steroid dienone is 4. The van der Waals surface area contributed by atoms with Crippen molar-refractivity contribution < 1.29 is 38.2 Å². The van der Waals surface area contributed by atoms with Crippen LogP contribution in [0.25, 0.3) is 0 Å². The number of carboxylic acids is 1. The van der Waals surface area contributed by atoms with Crippen molar-refractivity contribution in [1.29, 1.82) is 0 Å². The molecule has 0 heterocycles. The number of likely N-dealkylation sites (N-methyl/N-ethyl adjacent to an activating group) is 1. The van der Waals surface area contributed by atoms with Crippen LogP contribution >= 0.6 is 0 Å². The van der Waals surface area contributed by atoms with Gasteiger partial charge in [-0.25, -0.2) is 0 Å². The van der Waals surface area contributed by atoms with Gasteiger partial charge in [-0.2, -0.15) is 0 Å². The second-order valence-corrected chi connectivity index (χ2v) is 18.4. The van der Waals surface area contributed by atoms with Gasteiger partial charge in [0.15, 0.2) is 6.10 Å². The Labute approximate surface area is 371 Å². The number of carbonyl (C=O) groups is 3. The van der Waals surface area contributed by atoms with Crippen LogP contribution in [0.1, 0.15) is 239 Å². The number of esters is 2. The summed E-state index contributed by atoms with van der Waals surface area (Å²) >= 11 is 0. The van der Waals surface area contributed by atoms with Crippen LogP contribution < -0.4 is 5.11 Å². The zero-order chi connectivity index (χ0) is 44.2. The smallest absolute Gasteiger partial charge is 0.306 e. The fourth-order valence-corrected chi connectivity index (χ4v) is 7.63. The lowest BCUT2D eigenvalue weighted by Crippen LogP contribution is -2.55. The summed E-state index contributed by atoms with van der Waals surface area (Å²) in [4.78, 5) is 37.0. The third kappa shape index (κ3) is 41.2. The maximum atomic E-state index is 12.7. The number of carboxylic acid groups (broad SMARTS) is 1. The van der Waals surface area contributed by atoms with E-state index in [9.17, 15) is 19.5 Å². The van der Waals surface area contributed by atoms with Gasteiger partial charge in [0.05, 0.1) is 40.3 Å². The van der Waals surface area contributed by atoms with Gasteiger partial charge in [0.1, 0.15) is 12.6 Å². The summed E-state index contributed by atoms with van der Waals surface area (Å²) in [5.74, 6) is -1.73. The maximum Gasteiger partial charge on any atom is 0.306 e. The monoisotopic (exact) mass is 848 g/mol. The van der Waals surface area contributed by atoms with Crippen LogP contribution in [0.5, 0.6) is 0 Å². The van der Waals surface area contributed by atoms with Crippen molar-refractivity contribution in [1.82, 2.24) is 0 Å². The second kappa shape index (κ2) is 43.5. The molecule has 2 unspecified atom stereocenters. The molecule has 0 saturated heterocycles. The van der Waals surface area contributed by atoms with Crippen molar-refractivity contribution in [3.8, 4) is 0 Å². The topological polar surface area (TPSA) is 102 Å². The van der Waals surface area contributed by atoms with Gasteiger partial charge in [-0.1, -0.05) is 199 Å². The van der Waals surface area contributed by atoms with E-state index in [0.29, 0.717) is 12.8 Å². The summed E-state index contributed by atoms with van der Waals surface area (Å²) in [6.45, 7) is 4.68. The second-order valence-electron chi connectivity index (χ2n) is 18.4. The number of ether oxygens (including phenoxy) is 3. The van der Waals surface area contributed by atoms with E-state index in [1.807, 2.05) is 0 Å². The highest BCUT2D eigenvalue weighted by molar-refractivity contribution is 5.70. The standard InChI is InChI=1S/C52H97NO7/c1-6-8-10-12-14-16-18-20-22-23-24-25-26-27-28-29-31-32-34-36-38-40-42-50(54)59-47-48(46-58-45-44-49(52(56)57)53(3,4)5)60-51(55)43-41-39-37-35-33-30-21-19-17-15-13-11-9-7-2/h23-24,26-27,48-49H,6-22,25,28-47H2,1-5H3/b24-23+,27-26+. The van der Waals surface area contributed by atoms with Crippen molar-refractivity contribution in [3.05, 3.63) is 24.3 Å². The van der Waals surface area contributed by atoms with Crippen LogP contribution in [-0.4, -0.2) is 75.5 Å². The minimum absolute atomic E-state index is 0.0426. The van der Waals surface area contributed by atoms with Crippen LogP contribution in [0.4, 0.5) is 0 Å². The van der Waals surface area contributed by atoms with Gasteiger partial charge in [-0.15, -0.1) is 0 Å². The number of quaternary nitrogens is 1. The number of unbranched alkanes of at least 4 members (excludes halogenated alkanes) is 28. The van der Waals surface area contributed by atoms with E-state index >= 15 is 0 Å². The number of hydrogen-bond donors (Lipinski definition) is 0. The molecule has 0 radical (unpaired) electrons. The molecule has 0 aliphatic heterocycles. The number of aliphatic carboxylic acids is 1. The van der Waals surface area contributed by atoms with E-state index in [2.05, 4.69) is 38.2 Å². The summed E-state index contributed by atoms with van der Waals surface area (Å²) < 4.78 is 17.2. The number of nitrogens with zero attached hydrogens (tertiary/aromatic N) is 1. The molecular weight excluding hydrogens is 751 g/mol. The van der Waals surface area contributed by atoms with Crippen LogP contribution in [-0.2, 0) is 28.6 Å². The van der Waals surface area contributed by atoms with Crippen molar-refractivity contribution in [2.24, 2.45) is 0 Å². The summed E-state index contributed by atoms with van der Waals surface area (Å²) in [5.41, 5.74) is 0. The Morgan fingerprint density at radius 3 is 1.28 bits per heavy atom. The lowest BCUT2D eigenvalue weighted by Gasteiger charge is -2.34. The van der Waals surface area contributed by atoms with Gasteiger partial charge in [-0.3, -0.25) is 9.59 Å². The third-order valence-corrected chi connectivity index (χ3v) is 11.6. The number of carbonyl (C=O) groups excluding carboxylic acids is 3. The first-order chi connectivity index (χ1) is 29.1. The molecule has 60 heavy (non-hydrogen) atoms. The minimum atomic E-state index is -1.12. The third-order valence-electron chi connectivity index (χ3n) is 11.6. The van der Waals surface area contributed by atoms with Crippen molar-refractivity contribution in [2.75, 3.05) is 41.0 Å². The molecule has 0 aromatic heterocycles. The molecule has 0 bridgehead atoms. The van der Waals surface area contributed by atoms with Crippen LogP contribution in [0.15, 0.2) is 24.3 Å². The Morgan fingerprint density at radius 2 is 0.883 bits per heavy atom. The Balaban J connectivity index is 4.22. The van der Waals surface area contributed by atoms with Gasteiger partial charge in [0, 0.05) is 19.3 Å². The Hall–Kier alpha value is -2.19.